The number of nitrogens with zero attached hydrogens (tertiary/aromatic N) is 5. The third-order valence-corrected chi connectivity index (χ3v) is 5.11. The van der Waals surface area contributed by atoms with Crippen molar-refractivity contribution in [1.29, 1.82) is 0 Å². The van der Waals surface area contributed by atoms with Gasteiger partial charge in [-0.25, -0.2) is 15.0 Å². The van der Waals surface area contributed by atoms with Gasteiger partial charge in [0.2, 0.25) is 5.95 Å². The molecule has 0 bridgehead atoms. The van der Waals surface area contributed by atoms with Gasteiger partial charge in [-0.1, -0.05) is 22.9 Å². The van der Waals surface area contributed by atoms with Gasteiger partial charge >= 0.3 is 0 Å². The van der Waals surface area contributed by atoms with Gasteiger partial charge in [0.1, 0.15) is 5.15 Å². The Hall–Kier alpha value is -1.11. The Morgan fingerprint density at radius 1 is 1.10 bits per heavy atom. The van der Waals surface area contributed by atoms with E-state index in [4.69, 9.17) is 23.2 Å². The maximum Gasteiger partial charge on any atom is 0.225 e. The maximum atomic E-state index is 6.05. The smallest absolute Gasteiger partial charge is 0.225 e. The molecule has 106 valence electrons. The second-order valence-electron chi connectivity index (χ2n) is 4.37. The molecule has 8 heteroatoms. The number of thiazole rings is 1. The van der Waals surface area contributed by atoms with E-state index in [1.807, 2.05) is 6.07 Å². The number of piperazine rings is 1. The minimum absolute atomic E-state index is 0.411. The topological polar surface area (TPSA) is 45.2 Å². The lowest BCUT2D eigenvalue weighted by Crippen LogP contribution is -2.47. The van der Waals surface area contributed by atoms with Crippen LogP contribution >= 0.6 is 34.5 Å². The molecule has 2 aromatic heterocycles. The van der Waals surface area contributed by atoms with Gasteiger partial charge in [-0.2, -0.15) is 0 Å². The molecule has 0 atom stereocenters. The molecule has 0 saturated carbocycles. The highest BCUT2D eigenvalue weighted by Gasteiger charge is 2.22. The number of alkyl halides is 1. The molecular formula is C12H13Cl2N5S. The molecular weight excluding hydrogens is 317 g/mol. The third kappa shape index (κ3) is 2.82. The Morgan fingerprint density at radius 2 is 1.75 bits per heavy atom. The fourth-order valence-corrected chi connectivity index (χ4v) is 3.62. The van der Waals surface area contributed by atoms with Crippen LogP contribution in [0.25, 0.3) is 0 Å². The summed E-state index contributed by atoms with van der Waals surface area (Å²) in [6.45, 7) is 3.50. The normalized spacial score (nSPS) is 15.7. The summed E-state index contributed by atoms with van der Waals surface area (Å²) in [5.41, 5.74) is 0. The van der Waals surface area contributed by atoms with Crippen LogP contribution in [0.1, 0.15) is 4.88 Å². The monoisotopic (exact) mass is 329 g/mol. The molecule has 1 fully saturated rings. The van der Waals surface area contributed by atoms with Crippen molar-refractivity contribution in [1.82, 2.24) is 15.0 Å². The lowest BCUT2D eigenvalue weighted by Gasteiger charge is -2.34. The van der Waals surface area contributed by atoms with Crippen LogP contribution in [0.3, 0.4) is 0 Å². The third-order valence-electron chi connectivity index (χ3n) is 3.14. The van der Waals surface area contributed by atoms with Gasteiger partial charge in [0.05, 0.1) is 10.8 Å². The Kier molecular flexibility index (Phi) is 4.24. The van der Waals surface area contributed by atoms with Crippen LogP contribution in [-0.4, -0.2) is 41.1 Å². The minimum Gasteiger partial charge on any atom is -0.344 e. The number of anilines is 2. The van der Waals surface area contributed by atoms with Crippen LogP contribution in [0.5, 0.6) is 0 Å². The molecule has 20 heavy (non-hydrogen) atoms. The number of hydrogen-bond acceptors (Lipinski definition) is 6. The van der Waals surface area contributed by atoms with E-state index in [0.717, 1.165) is 42.1 Å². The van der Waals surface area contributed by atoms with Crippen molar-refractivity contribution in [2.75, 3.05) is 36.0 Å². The first kappa shape index (κ1) is 13.9. The maximum absolute atomic E-state index is 6.05. The van der Waals surface area contributed by atoms with E-state index < -0.39 is 0 Å². The number of halogens is 2. The van der Waals surface area contributed by atoms with Crippen LogP contribution in [0, 0.1) is 0 Å². The molecule has 0 spiro atoms. The lowest BCUT2D eigenvalue weighted by molar-refractivity contribution is 0.639. The van der Waals surface area contributed by atoms with Crippen molar-refractivity contribution in [3.8, 4) is 0 Å². The molecule has 0 radical (unpaired) electrons. The van der Waals surface area contributed by atoms with E-state index in [-0.39, 0.29) is 0 Å². The average Bonchev–Trinajstić information content (AvgIpc) is 2.89. The van der Waals surface area contributed by atoms with Crippen molar-refractivity contribution in [2.45, 2.75) is 5.88 Å². The lowest BCUT2D eigenvalue weighted by atomic mass is 10.3. The van der Waals surface area contributed by atoms with Gasteiger partial charge in [0.15, 0.2) is 5.13 Å². The zero-order valence-electron chi connectivity index (χ0n) is 10.7. The Morgan fingerprint density at radius 3 is 2.35 bits per heavy atom. The van der Waals surface area contributed by atoms with E-state index in [0.29, 0.717) is 11.0 Å². The van der Waals surface area contributed by atoms with Gasteiger partial charge < -0.3 is 9.80 Å². The number of hydrogen-bond donors (Lipinski definition) is 0. The zero-order valence-corrected chi connectivity index (χ0v) is 13.0. The first-order valence-electron chi connectivity index (χ1n) is 6.26. The fourth-order valence-electron chi connectivity index (χ4n) is 2.09. The summed E-state index contributed by atoms with van der Waals surface area (Å²) in [5.74, 6) is 1.19. The molecule has 1 aliphatic heterocycles. The van der Waals surface area contributed by atoms with Gasteiger partial charge in [0, 0.05) is 38.6 Å². The van der Waals surface area contributed by atoms with Gasteiger partial charge in [0.25, 0.3) is 0 Å². The molecule has 0 N–H and O–H groups in total. The quantitative estimate of drug-likeness (QED) is 0.810. The standard InChI is InChI=1S/C12H13Cl2N5S/c13-8-9-10(14)17-12(20-9)19-6-4-18(5-7-19)11-15-2-1-3-16-11/h1-3H,4-8H2. The highest BCUT2D eigenvalue weighted by molar-refractivity contribution is 7.16. The SMILES string of the molecule is ClCc1sc(N2CCN(c3ncccn3)CC2)nc1Cl. The van der Waals surface area contributed by atoms with E-state index in [1.54, 1.807) is 23.7 Å². The van der Waals surface area contributed by atoms with E-state index in [2.05, 4.69) is 24.8 Å². The second kappa shape index (κ2) is 6.11. The Labute approximate surface area is 131 Å². The summed E-state index contributed by atoms with van der Waals surface area (Å²) >= 11 is 13.4. The number of rotatable bonds is 3. The molecule has 0 aromatic carbocycles. The van der Waals surface area contributed by atoms with Crippen LogP contribution in [0.4, 0.5) is 11.1 Å². The summed E-state index contributed by atoms with van der Waals surface area (Å²) in [7, 11) is 0. The molecule has 3 rings (SSSR count). The molecule has 3 heterocycles. The van der Waals surface area contributed by atoms with Crippen molar-refractivity contribution >= 4 is 45.6 Å². The summed E-state index contributed by atoms with van der Waals surface area (Å²) in [4.78, 5) is 18.3. The molecule has 5 nitrogen and oxygen atoms in total. The molecule has 2 aromatic rings. The van der Waals surface area contributed by atoms with Crippen molar-refractivity contribution in [2.24, 2.45) is 0 Å². The first-order chi connectivity index (χ1) is 9.78. The van der Waals surface area contributed by atoms with Gasteiger partial charge in [-0.05, 0) is 6.07 Å². The summed E-state index contributed by atoms with van der Waals surface area (Å²) in [6.07, 6.45) is 3.53. The average molecular weight is 330 g/mol. The summed E-state index contributed by atoms with van der Waals surface area (Å²) < 4.78 is 0. The molecule has 0 amide bonds. The molecule has 0 unspecified atom stereocenters. The van der Waals surface area contributed by atoms with Crippen molar-refractivity contribution in [3.05, 3.63) is 28.5 Å². The largest absolute Gasteiger partial charge is 0.344 e. The second-order valence-corrected chi connectivity index (χ2v) is 6.05. The Balaban J connectivity index is 1.66. The van der Waals surface area contributed by atoms with Crippen molar-refractivity contribution < 1.29 is 0 Å². The molecule has 0 aliphatic carbocycles. The van der Waals surface area contributed by atoms with Gasteiger partial charge in [-0.15, -0.1) is 11.6 Å². The highest BCUT2D eigenvalue weighted by Crippen LogP contribution is 2.31. The van der Waals surface area contributed by atoms with Crippen LogP contribution in [0.2, 0.25) is 5.15 Å². The van der Waals surface area contributed by atoms with E-state index in [1.165, 1.54) is 0 Å². The fraction of sp³-hybridized carbons (Fsp3) is 0.417. The van der Waals surface area contributed by atoms with E-state index >= 15 is 0 Å². The van der Waals surface area contributed by atoms with Gasteiger partial charge in [-0.3, -0.25) is 0 Å². The van der Waals surface area contributed by atoms with Crippen molar-refractivity contribution in [3.63, 3.8) is 0 Å². The van der Waals surface area contributed by atoms with Crippen LogP contribution in [-0.2, 0) is 5.88 Å². The highest BCUT2D eigenvalue weighted by atomic mass is 35.5. The predicted molar refractivity (Wildman–Crippen MR) is 83.1 cm³/mol. The van der Waals surface area contributed by atoms with Crippen LogP contribution < -0.4 is 9.80 Å². The zero-order chi connectivity index (χ0) is 13.9. The molecule has 1 aliphatic rings. The minimum atomic E-state index is 0.411. The van der Waals surface area contributed by atoms with E-state index in [9.17, 15) is 0 Å². The predicted octanol–water partition coefficient (Wildman–Crippen LogP) is 2.65. The molecule has 1 saturated heterocycles. The first-order valence-corrected chi connectivity index (χ1v) is 7.99. The van der Waals surface area contributed by atoms with Crippen LogP contribution in [0.15, 0.2) is 18.5 Å². The Bertz CT molecular complexity index is 568. The number of aromatic nitrogens is 3. The summed E-state index contributed by atoms with van der Waals surface area (Å²) in [6, 6.07) is 1.82. The summed E-state index contributed by atoms with van der Waals surface area (Å²) in [5, 5.41) is 1.47.